The number of rotatable bonds is 7. The summed E-state index contributed by atoms with van der Waals surface area (Å²) in [7, 11) is 1.49. The highest BCUT2D eigenvalue weighted by Gasteiger charge is 2.43. The van der Waals surface area contributed by atoms with Gasteiger partial charge in [-0.2, -0.15) is 31.4 Å². The van der Waals surface area contributed by atoms with Crippen LogP contribution in [0.4, 0.5) is 26.3 Å². The predicted molar refractivity (Wildman–Crippen MR) is 105 cm³/mol. The zero-order valence-corrected chi connectivity index (χ0v) is 18.0. The van der Waals surface area contributed by atoms with Crippen molar-refractivity contribution in [3.63, 3.8) is 0 Å². The Morgan fingerprint density at radius 3 is 2.55 bits per heavy atom. The van der Waals surface area contributed by atoms with Crippen LogP contribution in [-0.2, 0) is 24.6 Å². The third kappa shape index (κ3) is 6.00. The summed E-state index contributed by atoms with van der Waals surface area (Å²) in [5.74, 6) is -3.78. The molecule has 3 heterocycles. The monoisotopic (exact) mass is 513 g/mol. The van der Waals surface area contributed by atoms with E-state index in [0.29, 0.717) is 4.88 Å². The number of amides is 1. The Bertz CT molecular complexity index is 1190. The van der Waals surface area contributed by atoms with E-state index in [1.54, 1.807) is 0 Å². The first kappa shape index (κ1) is 24.9. The van der Waals surface area contributed by atoms with E-state index in [1.807, 2.05) is 5.32 Å². The Morgan fingerprint density at radius 1 is 1.21 bits per heavy atom. The number of carbonyl (C=O) groups excluding carboxylic acids is 2. The number of carbonyl (C=O) groups is 2. The van der Waals surface area contributed by atoms with Gasteiger partial charge in [0.15, 0.2) is 11.4 Å². The van der Waals surface area contributed by atoms with E-state index in [1.165, 1.54) is 30.1 Å². The molecule has 3 rings (SSSR count). The van der Waals surface area contributed by atoms with Gasteiger partial charge in [-0.15, -0.1) is 11.3 Å². The zero-order chi connectivity index (χ0) is 24.6. The molecule has 0 bridgehead atoms. The number of hydrogen-bond donors (Lipinski definition) is 2. The molecule has 0 saturated heterocycles. The van der Waals surface area contributed by atoms with Gasteiger partial charge in [0.2, 0.25) is 11.9 Å². The van der Waals surface area contributed by atoms with Gasteiger partial charge in [-0.3, -0.25) is 14.3 Å². The number of aliphatic hydroxyl groups is 1. The van der Waals surface area contributed by atoms with Crippen molar-refractivity contribution in [3.8, 4) is 0 Å². The second kappa shape index (κ2) is 9.26. The van der Waals surface area contributed by atoms with Crippen molar-refractivity contribution in [2.45, 2.75) is 30.0 Å². The normalized spacial score (nSPS) is 13.3. The van der Waals surface area contributed by atoms with Crippen LogP contribution in [0.1, 0.15) is 20.4 Å². The zero-order valence-electron chi connectivity index (χ0n) is 16.4. The molecule has 8 nitrogen and oxygen atoms in total. The van der Waals surface area contributed by atoms with Crippen LogP contribution in [0.3, 0.4) is 0 Å². The SMILES string of the molecule is Cn1cc2c(SCC(=O)c3ccc(CNC(=O)C(O)C(F)(F)F)s3)nc(C(F)(F)F)nc2n1. The van der Waals surface area contributed by atoms with E-state index >= 15 is 0 Å². The maximum Gasteiger partial charge on any atom is 0.451 e. The van der Waals surface area contributed by atoms with Gasteiger partial charge in [-0.05, 0) is 12.1 Å². The molecule has 0 fully saturated rings. The van der Waals surface area contributed by atoms with Gasteiger partial charge in [-0.25, -0.2) is 9.97 Å². The second-order valence-corrected chi connectivity index (χ2v) is 8.66. The maximum absolute atomic E-state index is 13.1. The largest absolute Gasteiger partial charge is 0.451 e. The number of alkyl halides is 6. The number of thioether (sulfide) groups is 1. The van der Waals surface area contributed by atoms with Gasteiger partial charge in [0.05, 0.1) is 22.6 Å². The van der Waals surface area contributed by atoms with Gasteiger partial charge in [0.1, 0.15) is 5.03 Å². The van der Waals surface area contributed by atoms with E-state index in [-0.39, 0.29) is 33.2 Å². The molecule has 0 aromatic carbocycles. The van der Waals surface area contributed by atoms with Crippen LogP contribution in [0.15, 0.2) is 23.4 Å². The number of hydrogen-bond acceptors (Lipinski definition) is 8. The number of Topliss-reactive ketones (excluding diaryl/α,β-unsaturated/α-hetero) is 1. The molecule has 0 spiro atoms. The van der Waals surface area contributed by atoms with Crippen LogP contribution >= 0.6 is 23.1 Å². The molecule has 0 aliphatic heterocycles. The summed E-state index contributed by atoms with van der Waals surface area (Å²) in [4.78, 5) is 31.2. The molecule has 1 unspecified atom stereocenters. The first-order chi connectivity index (χ1) is 15.3. The summed E-state index contributed by atoms with van der Waals surface area (Å²) < 4.78 is 77.4. The maximum atomic E-state index is 13.1. The fourth-order valence-electron chi connectivity index (χ4n) is 2.48. The van der Waals surface area contributed by atoms with Crippen molar-refractivity contribution in [3.05, 3.63) is 33.9 Å². The van der Waals surface area contributed by atoms with Crippen molar-refractivity contribution in [1.29, 1.82) is 0 Å². The van der Waals surface area contributed by atoms with E-state index in [4.69, 9.17) is 5.11 Å². The lowest BCUT2D eigenvalue weighted by Gasteiger charge is -2.13. The summed E-state index contributed by atoms with van der Waals surface area (Å²) >= 11 is 1.64. The molecule has 0 radical (unpaired) electrons. The highest BCUT2D eigenvalue weighted by Crippen LogP contribution is 2.32. The van der Waals surface area contributed by atoms with Gasteiger partial charge in [-0.1, -0.05) is 11.8 Å². The molecule has 16 heteroatoms. The van der Waals surface area contributed by atoms with E-state index < -0.39 is 36.0 Å². The van der Waals surface area contributed by atoms with E-state index in [9.17, 15) is 35.9 Å². The van der Waals surface area contributed by atoms with Crippen LogP contribution in [0.25, 0.3) is 11.0 Å². The highest BCUT2D eigenvalue weighted by atomic mass is 32.2. The van der Waals surface area contributed by atoms with Crippen molar-refractivity contribution < 1.29 is 41.0 Å². The van der Waals surface area contributed by atoms with E-state index in [2.05, 4.69) is 15.1 Å². The van der Waals surface area contributed by atoms with E-state index in [0.717, 1.165) is 23.1 Å². The number of nitrogens with zero attached hydrogens (tertiary/aromatic N) is 4. The average molecular weight is 513 g/mol. The molecule has 0 saturated carbocycles. The summed E-state index contributed by atoms with van der Waals surface area (Å²) in [6.07, 6.45) is -11.7. The minimum atomic E-state index is -5.11. The van der Waals surface area contributed by atoms with Crippen molar-refractivity contribution in [2.75, 3.05) is 5.75 Å². The van der Waals surface area contributed by atoms with Crippen molar-refractivity contribution in [2.24, 2.45) is 7.05 Å². The lowest BCUT2D eigenvalue weighted by Crippen LogP contribution is -2.43. The molecule has 1 amide bonds. The average Bonchev–Trinajstić information content (AvgIpc) is 3.33. The third-order valence-corrected chi connectivity index (χ3v) is 6.10. The molecular formula is C17H13F6N5O3S2. The molecular weight excluding hydrogens is 500 g/mol. The number of aryl methyl sites for hydroxylation is 1. The summed E-state index contributed by atoms with van der Waals surface area (Å²) in [6.45, 7) is -0.353. The number of fused-ring (bicyclic) bond motifs is 1. The number of thiophene rings is 1. The molecule has 0 aliphatic rings. The Morgan fingerprint density at radius 2 is 1.91 bits per heavy atom. The Labute approximate surface area is 189 Å². The van der Waals surface area contributed by atoms with Crippen molar-refractivity contribution >= 4 is 45.8 Å². The van der Waals surface area contributed by atoms with Crippen LogP contribution in [0.2, 0.25) is 0 Å². The van der Waals surface area contributed by atoms with Crippen molar-refractivity contribution in [1.82, 2.24) is 25.1 Å². The highest BCUT2D eigenvalue weighted by molar-refractivity contribution is 8.00. The van der Waals surface area contributed by atoms with Crippen LogP contribution < -0.4 is 5.32 Å². The van der Waals surface area contributed by atoms with Crippen LogP contribution in [-0.4, -0.2) is 54.6 Å². The first-order valence-corrected chi connectivity index (χ1v) is 10.6. The summed E-state index contributed by atoms with van der Waals surface area (Å²) in [5, 5.41) is 14.8. The Balaban J connectivity index is 1.67. The lowest BCUT2D eigenvalue weighted by molar-refractivity contribution is -0.205. The quantitative estimate of drug-likeness (QED) is 0.216. The molecule has 33 heavy (non-hydrogen) atoms. The standard InChI is InChI=1S/C17H13F6N5O3S2/c1-28-5-8-12(27-28)25-15(17(21,22)23)26-14(8)32-6-9(29)10-3-2-7(33-10)4-24-13(31)11(30)16(18,19)20/h2-3,5,11,30H,4,6H2,1H3,(H,24,31). The van der Waals surface area contributed by atoms with Crippen LogP contribution in [0, 0.1) is 0 Å². The molecule has 2 N–H and O–H groups in total. The number of ketones is 1. The number of aromatic nitrogens is 4. The van der Waals surface area contributed by atoms with Gasteiger partial charge in [0.25, 0.3) is 5.91 Å². The first-order valence-electron chi connectivity index (χ1n) is 8.81. The third-order valence-electron chi connectivity index (χ3n) is 3.98. The molecule has 3 aromatic rings. The predicted octanol–water partition coefficient (Wildman–Crippen LogP) is 2.96. The lowest BCUT2D eigenvalue weighted by atomic mass is 10.3. The summed E-state index contributed by atoms with van der Waals surface area (Å²) in [5.41, 5.74) is -0.176. The summed E-state index contributed by atoms with van der Waals surface area (Å²) in [6, 6.07) is 2.77. The van der Waals surface area contributed by atoms with Gasteiger partial charge < -0.3 is 10.4 Å². The minimum Gasteiger partial charge on any atom is -0.376 e. The number of nitrogens with one attached hydrogen (secondary N) is 1. The molecule has 178 valence electrons. The topological polar surface area (TPSA) is 110 Å². The van der Waals surface area contributed by atoms with Crippen LogP contribution in [0.5, 0.6) is 0 Å². The fraction of sp³-hybridized carbons (Fsp3) is 0.353. The molecule has 0 aliphatic carbocycles. The number of aliphatic hydroxyl groups excluding tert-OH is 1. The fourth-order valence-corrected chi connectivity index (χ4v) is 4.33. The number of halogens is 6. The second-order valence-electron chi connectivity index (χ2n) is 6.53. The van der Waals surface area contributed by atoms with Gasteiger partial charge >= 0.3 is 12.4 Å². The minimum absolute atomic E-state index is 0.0843. The Hall–Kier alpha value is -2.72. The van der Waals surface area contributed by atoms with Gasteiger partial charge in [0, 0.05) is 18.1 Å². The Kier molecular flexibility index (Phi) is 6.99. The molecule has 1 atom stereocenters. The molecule has 3 aromatic heterocycles. The smallest absolute Gasteiger partial charge is 0.376 e.